The van der Waals surface area contributed by atoms with Gasteiger partial charge in [0.25, 0.3) is 0 Å². The molecule has 3 heteroatoms. The second-order valence-electron chi connectivity index (χ2n) is 4.55. The largest absolute Gasteiger partial charge is 0.461 e. The normalized spacial score (nSPS) is 16.1. The van der Waals surface area contributed by atoms with E-state index in [1.807, 2.05) is 25.1 Å². The van der Waals surface area contributed by atoms with E-state index < -0.39 is 0 Å². The lowest BCUT2D eigenvalue weighted by Crippen LogP contribution is -2.25. The molecule has 92 valence electrons. The van der Waals surface area contributed by atoms with E-state index in [-0.39, 0.29) is 5.97 Å². The summed E-state index contributed by atoms with van der Waals surface area (Å²) < 4.78 is 5.26. The van der Waals surface area contributed by atoms with Gasteiger partial charge < -0.3 is 4.74 Å². The Morgan fingerprint density at radius 3 is 2.82 bits per heavy atom. The molecule has 1 saturated heterocycles. The molecule has 0 spiro atoms. The molecule has 2 rings (SSSR count). The summed E-state index contributed by atoms with van der Waals surface area (Å²) in [4.78, 5) is 14.1. The molecule has 1 fully saturated rings. The Hall–Kier alpha value is -1.35. The summed E-state index contributed by atoms with van der Waals surface area (Å²) in [6, 6.07) is 7.51. The average Bonchev–Trinajstić information content (AvgIpc) is 2.82. The minimum absolute atomic E-state index is 0.215. The van der Waals surface area contributed by atoms with Gasteiger partial charge >= 0.3 is 5.97 Å². The molecule has 0 aromatic heterocycles. The average molecular weight is 233 g/mol. The van der Waals surface area contributed by atoms with Crippen LogP contribution in [0.5, 0.6) is 0 Å². The summed E-state index contributed by atoms with van der Waals surface area (Å²) in [5.41, 5.74) is 1.73. The molecular weight excluding hydrogens is 214 g/mol. The second kappa shape index (κ2) is 5.82. The highest BCUT2D eigenvalue weighted by Crippen LogP contribution is 2.08. The first-order valence-electron chi connectivity index (χ1n) is 6.22. The summed E-state index contributed by atoms with van der Waals surface area (Å²) in [5.74, 6) is -0.215. The quantitative estimate of drug-likeness (QED) is 0.747. The van der Waals surface area contributed by atoms with Crippen LogP contribution in [0.1, 0.15) is 28.8 Å². The van der Waals surface area contributed by atoms with Crippen LogP contribution in [0.4, 0.5) is 0 Å². The topological polar surface area (TPSA) is 29.5 Å². The van der Waals surface area contributed by atoms with Crippen molar-refractivity contribution in [2.45, 2.75) is 19.8 Å². The van der Waals surface area contributed by atoms with Crippen LogP contribution >= 0.6 is 0 Å². The summed E-state index contributed by atoms with van der Waals surface area (Å²) in [5, 5.41) is 0. The highest BCUT2D eigenvalue weighted by atomic mass is 16.5. The van der Waals surface area contributed by atoms with Crippen molar-refractivity contribution in [1.82, 2.24) is 4.90 Å². The van der Waals surface area contributed by atoms with E-state index >= 15 is 0 Å². The van der Waals surface area contributed by atoms with Gasteiger partial charge in [-0.3, -0.25) is 4.90 Å². The lowest BCUT2D eigenvalue weighted by atomic mass is 10.1. The Bertz CT molecular complexity index is 384. The second-order valence-corrected chi connectivity index (χ2v) is 4.55. The first-order valence-corrected chi connectivity index (χ1v) is 6.22. The summed E-state index contributed by atoms with van der Waals surface area (Å²) in [6.45, 7) is 5.61. The molecule has 1 aromatic rings. The monoisotopic (exact) mass is 233 g/mol. The number of carbonyl (C=O) groups excluding carboxylic acids is 1. The van der Waals surface area contributed by atoms with Gasteiger partial charge in [0.1, 0.15) is 6.61 Å². The number of ether oxygens (including phenoxy) is 1. The van der Waals surface area contributed by atoms with Crippen molar-refractivity contribution in [3.8, 4) is 0 Å². The summed E-state index contributed by atoms with van der Waals surface area (Å²) in [6.07, 6.45) is 2.54. The van der Waals surface area contributed by atoms with Gasteiger partial charge in [-0.2, -0.15) is 0 Å². The predicted molar refractivity (Wildman–Crippen MR) is 67.1 cm³/mol. The maximum absolute atomic E-state index is 11.7. The van der Waals surface area contributed by atoms with Crippen molar-refractivity contribution in [2.75, 3.05) is 26.2 Å². The SMILES string of the molecule is Cc1cccc(C(=O)OCCN2CCCC2)c1. The number of aryl methyl sites for hydroxylation is 1. The lowest BCUT2D eigenvalue weighted by molar-refractivity contribution is 0.0472. The zero-order valence-corrected chi connectivity index (χ0v) is 10.3. The van der Waals surface area contributed by atoms with Crippen LogP contribution in [0.2, 0.25) is 0 Å². The molecule has 0 N–H and O–H groups in total. The van der Waals surface area contributed by atoms with Gasteiger partial charge in [-0.05, 0) is 45.0 Å². The minimum atomic E-state index is -0.215. The van der Waals surface area contributed by atoms with E-state index in [0.717, 1.165) is 25.2 Å². The maximum atomic E-state index is 11.7. The molecule has 3 nitrogen and oxygen atoms in total. The van der Waals surface area contributed by atoms with E-state index in [1.165, 1.54) is 12.8 Å². The van der Waals surface area contributed by atoms with Gasteiger partial charge in [-0.1, -0.05) is 17.7 Å². The van der Waals surface area contributed by atoms with E-state index in [1.54, 1.807) is 6.07 Å². The molecule has 0 unspecified atom stereocenters. The predicted octanol–water partition coefficient (Wildman–Crippen LogP) is 2.25. The first kappa shape index (κ1) is 12.1. The van der Waals surface area contributed by atoms with Gasteiger partial charge in [-0.15, -0.1) is 0 Å². The highest BCUT2D eigenvalue weighted by molar-refractivity contribution is 5.89. The van der Waals surface area contributed by atoms with Gasteiger partial charge in [0.15, 0.2) is 0 Å². The Balaban J connectivity index is 1.77. The van der Waals surface area contributed by atoms with Crippen molar-refractivity contribution in [3.05, 3.63) is 35.4 Å². The van der Waals surface area contributed by atoms with E-state index in [9.17, 15) is 4.79 Å². The van der Waals surface area contributed by atoms with Crippen LogP contribution in [0.25, 0.3) is 0 Å². The standard InChI is InChI=1S/C14H19NO2/c1-12-5-4-6-13(11-12)14(16)17-10-9-15-7-2-3-8-15/h4-6,11H,2-3,7-10H2,1H3. The molecular formula is C14H19NO2. The van der Waals surface area contributed by atoms with Crippen LogP contribution in [0, 0.1) is 6.92 Å². The molecule has 0 radical (unpaired) electrons. The molecule has 1 aromatic carbocycles. The fourth-order valence-electron chi connectivity index (χ4n) is 2.13. The molecule has 0 aliphatic carbocycles. The van der Waals surface area contributed by atoms with Gasteiger partial charge in [0.05, 0.1) is 5.56 Å². The Morgan fingerprint density at radius 2 is 2.12 bits per heavy atom. The number of likely N-dealkylation sites (tertiary alicyclic amines) is 1. The molecule has 1 aliphatic rings. The lowest BCUT2D eigenvalue weighted by Gasteiger charge is -2.14. The third-order valence-corrected chi connectivity index (χ3v) is 3.09. The third-order valence-electron chi connectivity index (χ3n) is 3.09. The number of carbonyl (C=O) groups is 1. The number of esters is 1. The Kier molecular flexibility index (Phi) is 4.15. The fourth-order valence-corrected chi connectivity index (χ4v) is 2.13. The van der Waals surface area contributed by atoms with Crippen molar-refractivity contribution in [3.63, 3.8) is 0 Å². The highest BCUT2D eigenvalue weighted by Gasteiger charge is 2.12. The van der Waals surface area contributed by atoms with Crippen LogP contribution in [0.3, 0.4) is 0 Å². The minimum Gasteiger partial charge on any atom is -0.461 e. The number of benzene rings is 1. The molecule has 1 heterocycles. The summed E-state index contributed by atoms with van der Waals surface area (Å²) in [7, 11) is 0. The zero-order chi connectivity index (χ0) is 12.1. The third kappa shape index (κ3) is 3.56. The van der Waals surface area contributed by atoms with E-state index in [2.05, 4.69) is 4.90 Å². The van der Waals surface area contributed by atoms with Crippen molar-refractivity contribution < 1.29 is 9.53 Å². The van der Waals surface area contributed by atoms with Crippen molar-refractivity contribution in [1.29, 1.82) is 0 Å². The van der Waals surface area contributed by atoms with Crippen molar-refractivity contribution in [2.24, 2.45) is 0 Å². The molecule has 1 aliphatic heterocycles. The number of nitrogens with zero attached hydrogens (tertiary/aromatic N) is 1. The Morgan fingerprint density at radius 1 is 1.35 bits per heavy atom. The van der Waals surface area contributed by atoms with E-state index in [4.69, 9.17) is 4.74 Å². The molecule has 0 atom stereocenters. The maximum Gasteiger partial charge on any atom is 0.338 e. The van der Waals surface area contributed by atoms with E-state index in [0.29, 0.717) is 12.2 Å². The fraction of sp³-hybridized carbons (Fsp3) is 0.500. The zero-order valence-electron chi connectivity index (χ0n) is 10.3. The Labute approximate surface area is 102 Å². The number of rotatable bonds is 4. The summed E-state index contributed by atoms with van der Waals surface area (Å²) >= 11 is 0. The number of hydrogen-bond donors (Lipinski definition) is 0. The van der Waals surface area contributed by atoms with Crippen LogP contribution < -0.4 is 0 Å². The van der Waals surface area contributed by atoms with Crippen LogP contribution in [-0.2, 0) is 4.74 Å². The van der Waals surface area contributed by atoms with Gasteiger partial charge in [-0.25, -0.2) is 4.79 Å². The van der Waals surface area contributed by atoms with Gasteiger partial charge in [0.2, 0.25) is 0 Å². The molecule has 17 heavy (non-hydrogen) atoms. The molecule has 0 amide bonds. The van der Waals surface area contributed by atoms with Crippen LogP contribution in [-0.4, -0.2) is 37.1 Å². The molecule has 0 saturated carbocycles. The smallest absolute Gasteiger partial charge is 0.338 e. The first-order chi connectivity index (χ1) is 8.25. The van der Waals surface area contributed by atoms with Crippen molar-refractivity contribution >= 4 is 5.97 Å². The molecule has 0 bridgehead atoms. The van der Waals surface area contributed by atoms with Gasteiger partial charge in [0, 0.05) is 6.54 Å². The van der Waals surface area contributed by atoms with Crippen LogP contribution in [0.15, 0.2) is 24.3 Å². The number of hydrogen-bond acceptors (Lipinski definition) is 3.